The van der Waals surface area contributed by atoms with Crippen molar-refractivity contribution >= 4 is 11.9 Å². The van der Waals surface area contributed by atoms with E-state index in [4.69, 9.17) is 9.84 Å². The molecule has 1 heterocycles. The van der Waals surface area contributed by atoms with Gasteiger partial charge in [-0.3, -0.25) is 9.78 Å². The number of nitrogens with zero attached hydrogens (tertiary/aromatic N) is 1. The third kappa shape index (κ3) is 5.17. The third-order valence-corrected chi connectivity index (χ3v) is 2.44. The van der Waals surface area contributed by atoms with E-state index in [1.165, 1.54) is 6.08 Å². The van der Waals surface area contributed by atoms with Crippen LogP contribution in [0.15, 0.2) is 31.0 Å². The van der Waals surface area contributed by atoms with Crippen LogP contribution in [0.3, 0.4) is 0 Å². The van der Waals surface area contributed by atoms with Gasteiger partial charge in [0.15, 0.2) is 6.04 Å². The molecule has 6 nitrogen and oxygen atoms in total. The number of alkyl halides is 3. The van der Waals surface area contributed by atoms with Crippen molar-refractivity contribution in [3.05, 3.63) is 42.2 Å². The Bertz CT molecular complexity index is 543. The molecule has 1 aromatic rings. The number of carbonyl (C=O) groups excluding carboxylic acids is 1. The molecule has 1 amide bonds. The monoisotopic (exact) mass is 318 g/mol. The summed E-state index contributed by atoms with van der Waals surface area (Å²) in [7, 11) is 0. The fourth-order valence-electron chi connectivity index (χ4n) is 1.38. The zero-order valence-electron chi connectivity index (χ0n) is 11.3. The number of hydrogen-bond donors (Lipinski definition) is 2. The average molecular weight is 318 g/mol. The summed E-state index contributed by atoms with van der Waals surface area (Å²) in [5.41, 5.74) is -1.34. The maximum Gasteiger partial charge on any atom is 0.433 e. The van der Waals surface area contributed by atoms with E-state index in [2.05, 4.69) is 16.9 Å². The number of carboxylic acid groups (broad SMARTS) is 1. The molecular weight excluding hydrogens is 305 g/mol. The molecule has 0 radical (unpaired) electrons. The lowest BCUT2D eigenvalue weighted by Crippen LogP contribution is -2.44. The number of hydrogen-bond acceptors (Lipinski definition) is 4. The second-order valence-corrected chi connectivity index (χ2v) is 4.12. The van der Waals surface area contributed by atoms with E-state index in [0.29, 0.717) is 6.07 Å². The highest BCUT2D eigenvalue weighted by atomic mass is 19.4. The Kier molecular flexibility index (Phi) is 6.05. The Balaban J connectivity index is 2.73. The van der Waals surface area contributed by atoms with Crippen molar-refractivity contribution in [2.45, 2.75) is 12.2 Å². The first kappa shape index (κ1) is 17.6. The molecular formula is C13H13F3N2O4. The van der Waals surface area contributed by atoms with Crippen molar-refractivity contribution in [2.75, 3.05) is 13.2 Å². The molecule has 0 bridgehead atoms. The van der Waals surface area contributed by atoms with Gasteiger partial charge in [0.05, 0.1) is 18.8 Å². The lowest BCUT2D eigenvalue weighted by atomic mass is 10.2. The van der Waals surface area contributed by atoms with E-state index in [9.17, 15) is 22.8 Å². The number of ether oxygens (including phenoxy) is 1. The molecule has 2 N–H and O–H groups in total. The van der Waals surface area contributed by atoms with Crippen LogP contribution in [0, 0.1) is 0 Å². The van der Waals surface area contributed by atoms with Gasteiger partial charge in [0.2, 0.25) is 0 Å². The van der Waals surface area contributed by atoms with Gasteiger partial charge in [-0.1, -0.05) is 6.08 Å². The molecule has 120 valence electrons. The molecule has 1 rings (SSSR count). The summed E-state index contributed by atoms with van der Waals surface area (Å²) in [6, 6.07) is 0.211. The molecule has 1 unspecified atom stereocenters. The van der Waals surface area contributed by atoms with Crippen molar-refractivity contribution in [3.63, 3.8) is 0 Å². The molecule has 0 saturated heterocycles. The Morgan fingerprint density at radius 3 is 2.59 bits per heavy atom. The highest BCUT2D eigenvalue weighted by Crippen LogP contribution is 2.27. The van der Waals surface area contributed by atoms with Crippen molar-refractivity contribution in [3.8, 4) is 0 Å². The van der Waals surface area contributed by atoms with Crippen molar-refractivity contribution in [2.24, 2.45) is 0 Å². The highest BCUT2D eigenvalue weighted by Gasteiger charge is 2.32. The first-order valence-electron chi connectivity index (χ1n) is 6.01. The predicted octanol–water partition coefficient (Wildman–Crippen LogP) is 1.49. The van der Waals surface area contributed by atoms with Crippen LogP contribution in [0.1, 0.15) is 16.1 Å². The molecule has 0 aliphatic heterocycles. The Hall–Kier alpha value is -2.42. The number of nitrogens with one attached hydrogen (secondary N) is 1. The molecule has 9 heteroatoms. The van der Waals surface area contributed by atoms with Gasteiger partial charge in [0, 0.05) is 6.20 Å². The van der Waals surface area contributed by atoms with Crippen molar-refractivity contribution < 1.29 is 32.6 Å². The molecule has 0 aromatic carbocycles. The van der Waals surface area contributed by atoms with Crippen LogP contribution >= 0.6 is 0 Å². The minimum Gasteiger partial charge on any atom is -0.480 e. The highest BCUT2D eigenvalue weighted by molar-refractivity contribution is 5.96. The van der Waals surface area contributed by atoms with E-state index in [-0.39, 0.29) is 18.8 Å². The SMILES string of the molecule is C=CCOCC(NC(=O)c1ccc(C(F)(F)F)nc1)C(=O)O. The normalized spacial score (nSPS) is 12.5. The summed E-state index contributed by atoms with van der Waals surface area (Å²) in [6.07, 6.45) is -2.49. The summed E-state index contributed by atoms with van der Waals surface area (Å²) in [5, 5.41) is 11.1. The number of carbonyl (C=O) groups is 2. The molecule has 0 aliphatic rings. The zero-order chi connectivity index (χ0) is 16.8. The second kappa shape index (κ2) is 7.55. The summed E-state index contributed by atoms with van der Waals surface area (Å²) in [6.45, 7) is 3.17. The van der Waals surface area contributed by atoms with Crippen LogP contribution in [0.4, 0.5) is 13.2 Å². The van der Waals surface area contributed by atoms with Gasteiger partial charge in [-0.25, -0.2) is 4.79 Å². The van der Waals surface area contributed by atoms with Gasteiger partial charge < -0.3 is 15.2 Å². The molecule has 0 aliphatic carbocycles. The smallest absolute Gasteiger partial charge is 0.433 e. The molecule has 22 heavy (non-hydrogen) atoms. The second-order valence-electron chi connectivity index (χ2n) is 4.12. The first-order valence-corrected chi connectivity index (χ1v) is 6.01. The Labute approximate surface area is 123 Å². The minimum atomic E-state index is -4.61. The summed E-state index contributed by atoms with van der Waals surface area (Å²) < 4.78 is 42.0. The molecule has 0 fully saturated rings. The van der Waals surface area contributed by atoms with Crippen LogP contribution in [0.5, 0.6) is 0 Å². The maximum absolute atomic E-state index is 12.3. The number of rotatable bonds is 7. The van der Waals surface area contributed by atoms with Gasteiger partial charge in [0.25, 0.3) is 5.91 Å². The molecule has 0 saturated carbocycles. The number of aromatic nitrogens is 1. The van der Waals surface area contributed by atoms with Crippen LogP contribution in [0.2, 0.25) is 0 Å². The molecule has 0 spiro atoms. The van der Waals surface area contributed by atoms with Gasteiger partial charge in [0.1, 0.15) is 5.69 Å². The van der Waals surface area contributed by atoms with E-state index < -0.39 is 29.8 Å². The van der Waals surface area contributed by atoms with Crippen molar-refractivity contribution in [1.29, 1.82) is 0 Å². The van der Waals surface area contributed by atoms with E-state index in [1.807, 2.05) is 0 Å². The summed E-state index contributed by atoms with van der Waals surface area (Å²) in [5.74, 6) is -2.20. The number of halogens is 3. The fourth-order valence-corrected chi connectivity index (χ4v) is 1.38. The lowest BCUT2D eigenvalue weighted by Gasteiger charge is -2.14. The van der Waals surface area contributed by atoms with E-state index in [0.717, 1.165) is 12.3 Å². The van der Waals surface area contributed by atoms with Crippen LogP contribution in [-0.2, 0) is 15.7 Å². The van der Waals surface area contributed by atoms with Crippen LogP contribution in [0.25, 0.3) is 0 Å². The predicted molar refractivity (Wildman–Crippen MR) is 69.1 cm³/mol. The number of amides is 1. The first-order chi connectivity index (χ1) is 10.3. The van der Waals surface area contributed by atoms with Gasteiger partial charge in [-0.15, -0.1) is 6.58 Å². The van der Waals surface area contributed by atoms with Crippen LogP contribution < -0.4 is 5.32 Å². The maximum atomic E-state index is 12.3. The van der Waals surface area contributed by atoms with Gasteiger partial charge in [-0.05, 0) is 12.1 Å². The third-order valence-electron chi connectivity index (χ3n) is 2.44. The lowest BCUT2D eigenvalue weighted by molar-refractivity contribution is -0.141. The largest absolute Gasteiger partial charge is 0.480 e. The van der Waals surface area contributed by atoms with Gasteiger partial charge in [-0.2, -0.15) is 13.2 Å². The minimum absolute atomic E-state index is 0.0987. The van der Waals surface area contributed by atoms with E-state index in [1.54, 1.807) is 0 Å². The zero-order valence-corrected chi connectivity index (χ0v) is 11.3. The molecule has 1 aromatic heterocycles. The van der Waals surface area contributed by atoms with Gasteiger partial charge >= 0.3 is 12.1 Å². The summed E-state index contributed by atoms with van der Waals surface area (Å²) in [4.78, 5) is 25.9. The number of pyridine rings is 1. The Morgan fingerprint density at radius 1 is 1.45 bits per heavy atom. The molecule has 1 atom stereocenters. The topological polar surface area (TPSA) is 88.5 Å². The van der Waals surface area contributed by atoms with Crippen LogP contribution in [-0.4, -0.2) is 41.2 Å². The van der Waals surface area contributed by atoms with Crippen molar-refractivity contribution in [1.82, 2.24) is 10.3 Å². The number of carboxylic acids is 1. The average Bonchev–Trinajstić information content (AvgIpc) is 2.45. The number of aliphatic carboxylic acids is 1. The quantitative estimate of drug-likeness (QED) is 0.587. The summed E-state index contributed by atoms with van der Waals surface area (Å²) >= 11 is 0. The van der Waals surface area contributed by atoms with E-state index >= 15 is 0 Å². The fraction of sp³-hybridized carbons (Fsp3) is 0.308. The standard InChI is InChI=1S/C13H13F3N2O4/c1-2-5-22-7-9(12(20)21)18-11(19)8-3-4-10(17-6-8)13(14,15)16/h2-4,6,9H,1,5,7H2,(H,18,19)(H,20,21). The Morgan fingerprint density at radius 2 is 2.14 bits per heavy atom.